The number of rotatable bonds is 5. The zero-order valence-corrected chi connectivity index (χ0v) is 20.3. The molecule has 37 heavy (non-hydrogen) atoms. The standard InChI is InChI=1S/C26H25F3N6O2/c1-34-8-7-15-10-22(37-2)21(9-17(15)13-34)32-25-31-12-18-20(30)11-23(36)35(24(18)33-25)14-16-5-3-4-6-19(16)26(27,28)29/h3-6,9-12H,7-8,13-14,30H2,1-2H3,(H,31,32,33). The fourth-order valence-corrected chi connectivity index (χ4v) is 4.61. The summed E-state index contributed by atoms with van der Waals surface area (Å²) in [6.45, 7) is 1.39. The molecular weight excluding hydrogens is 485 g/mol. The van der Waals surface area contributed by atoms with E-state index in [2.05, 4.69) is 20.2 Å². The van der Waals surface area contributed by atoms with Gasteiger partial charge in [0.05, 0.1) is 30.3 Å². The first-order chi connectivity index (χ1) is 17.6. The van der Waals surface area contributed by atoms with Gasteiger partial charge in [-0.2, -0.15) is 18.2 Å². The zero-order valence-electron chi connectivity index (χ0n) is 20.3. The Balaban J connectivity index is 1.58. The van der Waals surface area contributed by atoms with Gasteiger partial charge in [-0.25, -0.2) is 4.98 Å². The molecule has 3 heterocycles. The Hall–Kier alpha value is -4.12. The van der Waals surface area contributed by atoms with Crippen molar-refractivity contribution < 1.29 is 17.9 Å². The molecule has 0 radical (unpaired) electrons. The number of benzene rings is 2. The maximum atomic E-state index is 13.6. The molecule has 0 amide bonds. The number of likely N-dealkylation sites (N-methyl/N-ethyl adjacent to an activating group) is 1. The van der Waals surface area contributed by atoms with E-state index in [0.29, 0.717) is 16.8 Å². The van der Waals surface area contributed by atoms with Gasteiger partial charge >= 0.3 is 6.18 Å². The molecule has 2 aromatic heterocycles. The van der Waals surface area contributed by atoms with Gasteiger partial charge in [0.2, 0.25) is 5.95 Å². The van der Waals surface area contributed by atoms with Crippen molar-refractivity contribution in [3.8, 4) is 5.75 Å². The highest BCUT2D eigenvalue weighted by molar-refractivity contribution is 5.88. The molecule has 0 unspecified atom stereocenters. The predicted molar refractivity (Wildman–Crippen MR) is 135 cm³/mol. The average molecular weight is 511 g/mol. The molecule has 0 fully saturated rings. The Bertz CT molecular complexity index is 1550. The minimum atomic E-state index is -4.57. The van der Waals surface area contributed by atoms with Gasteiger partial charge in [0.25, 0.3) is 5.56 Å². The normalized spacial score (nSPS) is 14.0. The van der Waals surface area contributed by atoms with E-state index >= 15 is 0 Å². The lowest BCUT2D eigenvalue weighted by atomic mass is 9.99. The van der Waals surface area contributed by atoms with Gasteiger partial charge in [-0.05, 0) is 48.4 Å². The van der Waals surface area contributed by atoms with Gasteiger partial charge in [0.15, 0.2) is 5.65 Å². The Morgan fingerprint density at radius 1 is 1.16 bits per heavy atom. The molecule has 11 heteroatoms. The van der Waals surface area contributed by atoms with Crippen LogP contribution in [0.5, 0.6) is 5.75 Å². The second-order valence-corrected chi connectivity index (χ2v) is 9.04. The molecule has 1 aliphatic heterocycles. The second kappa shape index (κ2) is 9.40. The maximum Gasteiger partial charge on any atom is 0.416 e. The third-order valence-corrected chi connectivity index (χ3v) is 6.50. The molecule has 0 aliphatic carbocycles. The second-order valence-electron chi connectivity index (χ2n) is 9.04. The largest absolute Gasteiger partial charge is 0.495 e. The van der Waals surface area contributed by atoms with Crippen LogP contribution in [0.3, 0.4) is 0 Å². The van der Waals surface area contributed by atoms with Crippen molar-refractivity contribution in [1.82, 2.24) is 19.4 Å². The number of alkyl halides is 3. The molecule has 192 valence electrons. The van der Waals surface area contributed by atoms with Crippen molar-refractivity contribution in [1.29, 1.82) is 0 Å². The first-order valence-electron chi connectivity index (χ1n) is 11.6. The van der Waals surface area contributed by atoms with E-state index in [1.807, 2.05) is 19.2 Å². The highest BCUT2D eigenvalue weighted by atomic mass is 19.4. The van der Waals surface area contributed by atoms with Crippen LogP contribution in [-0.4, -0.2) is 40.1 Å². The van der Waals surface area contributed by atoms with Crippen molar-refractivity contribution in [2.24, 2.45) is 0 Å². The van der Waals surface area contributed by atoms with Gasteiger partial charge in [0.1, 0.15) is 5.75 Å². The number of anilines is 3. The van der Waals surface area contributed by atoms with Crippen LogP contribution in [0.1, 0.15) is 22.3 Å². The number of pyridine rings is 1. The van der Waals surface area contributed by atoms with Crippen LogP contribution in [-0.2, 0) is 25.7 Å². The monoisotopic (exact) mass is 510 g/mol. The molecule has 1 aliphatic rings. The number of hydrogen-bond donors (Lipinski definition) is 2. The lowest BCUT2D eigenvalue weighted by Gasteiger charge is -2.26. The van der Waals surface area contributed by atoms with Gasteiger partial charge in [-0.3, -0.25) is 9.36 Å². The van der Waals surface area contributed by atoms with E-state index in [1.165, 1.54) is 34.5 Å². The van der Waals surface area contributed by atoms with Crippen molar-refractivity contribution in [2.45, 2.75) is 25.7 Å². The van der Waals surface area contributed by atoms with E-state index in [9.17, 15) is 18.0 Å². The van der Waals surface area contributed by atoms with Gasteiger partial charge in [-0.1, -0.05) is 18.2 Å². The SMILES string of the molecule is COc1cc2c(cc1Nc1ncc3c(N)cc(=O)n(Cc4ccccc4C(F)(F)F)c3n1)CN(C)CC2. The lowest BCUT2D eigenvalue weighted by molar-refractivity contribution is -0.138. The van der Waals surface area contributed by atoms with Crippen LogP contribution in [0.2, 0.25) is 0 Å². The third-order valence-electron chi connectivity index (χ3n) is 6.50. The Morgan fingerprint density at radius 3 is 2.70 bits per heavy atom. The van der Waals surface area contributed by atoms with Crippen molar-refractivity contribution in [2.75, 3.05) is 31.8 Å². The predicted octanol–water partition coefficient (Wildman–Crippen LogP) is 4.18. The zero-order chi connectivity index (χ0) is 26.3. The average Bonchev–Trinajstić information content (AvgIpc) is 2.85. The quantitative estimate of drug-likeness (QED) is 0.416. The van der Waals surface area contributed by atoms with Crippen LogP contribution in [0, 0.1) is 0 Å². The number of hydrogen-bond acceptors (Lipinski definition) is 7. The summed E-state index contributed by atoms with van der Waals surface area (Å²) < 4.78 is 47.5. The number of aromatic nitrogens is 3. The van der Waals surface area contributed by atoms with Crippen molar-refractivity contribution in [3.05, 3.63) is 81.3 Å². The van der Waals surface area contributed by atoms with Crippen molar-refractivity contribution >= 4 is 28.4 Å². The molecule has 0 atom stereocenters. The van der Waals surface area contributed by atoms with E-state index in [4.69, 9.17) is 10.5 Å². The molecule has 3 N–H and O–H groups in total. The Morgan fingerprint density at radius 2 is 1.95 bits per heavy atom. The molecule has 2 aromatic carbocycles. The minimum Gasteiger partial charge on any atom is -0.495 e. The number of nitrogens with two attached hydrogens (primary N) is 1. The number of nitrogen functional groups attached to an aromatic ring is 1. The van der Waals surface area contributed by atoms with Gasteiger partial charge in [-0.15, -0.1) is 0 Å². The highest BCUT2D eigenvalue weighted by Crippen LogP contribution is 2.34. The minimum absolute atomic E-state index is 0.0585. The summed E-state index contributed by atoms with van der Waals surface area (Å²) in [6, 6.07) is 10.3. The number of nitrogens with zero attached hydrogens (tertiary/aromatic N) is 4. The molecule has 4 aromatic rings. The number of halogens is 3. The number of fused-ring (bicyclic) bond motifs is 2. The first kappa shape index (κ1) is 24.6. The summed E-state index contributed by atoms with van der Waals surface area (Å²) >= 11 is 0. The van der Waals surface area contributed by atoms with Crippen molar-refractivity contribution in [3.63, 3.8) is 0 Å². The summed E-state index contributed by atoms with van der Waals surface area (Å²) in [7, 11) is 3.62. The first-order valence-corrected chi connectivity index (χ1v) is 11.6. The van der Waals surface area contributed by atoms with Crippen LogP contribution >= 0.6 is 0 Å². The molecule has 0 spiro atoms. The van der Waals surface area contributed by atoms with Crippen LogP contribution in [0.25, 0.3) is 11.0 Å². The number of ether oxygens (including phenoxy) is 1. The van der Waals surface area contributed by atoms with Crippen LogP contribution < -0.4 is 21.3 Å². The Kier molecular flexibility index (Phi) is 6.24. The molecule has 5 rings (SSSR count). The summed E-state index contributed by atoms with van der Waals surface area (Å²) in [5.41, 5.74) is 7.83. The lowest BCUT2D eigenvalue weighted by Crippen LogP contribution is -2.26. The topological polar surface area (TPSA) is 98.3 Å². The van der Waals surface area contributed by atoms with Gasteiger partial charge < -0.3 is 20.7 Å². The molecule has 0 saturated carbocycles. The molecular formula is C26H25F3N6O2. The fourth-order valence-electron chi connectivity index (χ4n) is 4.61. The summed E-state index contributed by atoms with van der Waals surface area (Å²) in [5.74, 6) is 0.758. The summed E-state index contributed by atoms with van der Waals surface area (Å²) in [5, 5.41) is 3.50. The van der Waals surface area contributed by atoms with E-state index in [1.54, 1.807) is 7.11 Å². The van der Waals surface area contributed by atoms with Crippen LogP contribution in [0.4, 0.5) is 30.5 Å². The van der Waals surface area contributed by atoms with E-state index < -0.39 is 17.3 Å². The van der Waals surface area contributed by atoms with E-state index in [0.717, 1.165) is 37.2 Å². The fraction of sp³-hybridized carbons (Fsp3) is 0.269. The molecule has 0 bridgehead atoms. The van der Waals surface area contributed by atoms with Gasteiger partial charge in [0, 0.05) is 31.0 Å². The number of methoxy groups -OCH3 is 1. The molecule has 0 saturated heterocycles. The van der Waals surface area contributed by atoms with E-state index in [-0.39, 0.29) is 29.4 Å². The third kappa shape index (κ3) is 4.82. The molecule has 8 nitrogen and oxygen atoms in total. The highest BCUT2D eigenvalue weighted by Gasteiger charge is 2.33. The smallest absolute Gasteiger partial charge is 0.416 e. The maximum absolute atomic E-state index is 13.6. The summed E-state index contributed by atoms with van der Waals surface area (Å²) in [4.78, 5) is 23.9. The summed E-state index contributed by atoms with van der Waals surface area (Å²) in [6.07, 6.45) is -2.22. The number of nitrogens with one attached hydrogen (secondary N) is 1. The van der Waals surface area contributed by atoms with Crippen LogP contribution in [0.15, 0.2) is 53.5 Å². The Labute approximate surface area is 210 Å².